The zero-order valence-corrected chi connectivity index (χ0v) is 14.9. The van der Waals surface area contributed by atoms with Gasteiger partial charge in [-0.15, -0.1) is 8.78 Å². The van der Waals surface area contributed by atoms with Gasteiger partial charge in [0.15, 0.2) is 11.5 Å². The third-order valence-electron chi connectivity index (χ3n) is 3.45. The Bertz CT molecular complexity index is 1010. The molecule has 0 aliphatic carbocycles. The Morgan fingerprint density at radius 3 is 2.48 bits per heavy atom. The number of carbonyl (C=O) groups is 1. The topological polar surface area (TPSA) is 103 Å². The van der Waals surface area contributed by atoms with Crippen LogP contribution in [0.25, 0.3) is 0 Å². The molecule has 0 unspecified atom stereocenters. The lowest BCUT2D eigenvalue weighted by molar-refractivity contribution is -0.286. The van der Waals surface area contributed by atoms with Crippen molar-refractivity contribution in [2.24, 2.45) is 0 Å². The summed E-state index contributed by atoms with van der Waals surface area (Å²) in [6, 6.07) is 7.34. The SMILES string of the molecule is COc1cc(S(=O)(=O)Nc2ccc3c(c2)OC(F)(F)O3)ccc1NC(C)=O. The van der Waals surface area contributed by atoms with Gasteiger partial charge in [0.25, 0.3) is 10.0 Å². The number of halogens is 2. The van der Waals surface area contributed by atoms with Crippen LogP contribution in [0, 0.1) is 0 Å². The average molecular weight is 400 g/mol. The van der Waals surface area contributed by atoms with Crippen molar-refractivity contribution in [3.05, 3.63) is 36.4 Å². The monoisotopic (exact) mass is 400 g/mol. The van der Waals surface area contributed by atoms with Gasteiger partial charge < -0.3 is 19.5 Å². The summed E-state index contributed by atoms with van der Waals surface area (Å²) in [5, 5.41) is 2.51. The van der Waals surface area contributed by atoms with Gasteiger partial charge in [0.1, 0.15) is 5.75 Å². The number of benzene rings is 2. The summed E-state index contributed by atoms with van der Waals surface area (Å²) in [6.45, 7) is 1.30. The Hall–Kier alpha value is -3.08. The number of rotatable bonds is 5. The second kappa shape index (κ2) is 6.58. The number of ether oxygens (including phenoxy) is 3. The highest BCUT2D eigenvalue weighted by atomic mass is 32.2. The Kier molecular flexibility index (Phi) is 4.56. The van der Waals surface area contributed by atoms with Gasteiger partial charge in [-0.05, 0) is 24.3 Å². The van der Waals surface area contributed by atoms with Crippen LogP contribution in [0.4, 0.5) is 20.2 Å². The standard InChI is InChI=1S/C16H14F2N2O6S/c1-9(21)19-12-5-4-11(8-14(12)24-2)27(22,23)20-10-3-6-13-15(7-10)26-16(17,18)25-13/h3-8,20H,1-2H3,(H,19,21). The minimum absolute atomic E-state index is 0.0000423. The molecule has 0 spiro atoms. The van der Waals surface area contributed by atoms with E-state index in [4.69, 9.17) is 4.74 Å². The van der Waals surface area contributed by atoms with Crippen molar-refractivity contribution in [3.63, 3.8) is 0 Å². The molecule has 144 valence electrons. The Morgan fingerprint density at radius 1 is 1.11 bits per heavy atom. The number of alkyl halides is 2. The lowest BCUT2D eigenvalue weighted by Gasteiger charge is -2.12. The number of hydrogen-bond donors (Lipinski definition) is 2. The normalized spacial score (nSPS) is 14.5. The number of nitrogens with one attached hydrogen (secondary N) is 2. The molecule has 0 bridgehead atoms. The molecule has 8 nitrogen and oxygen atoms in total. The zero-order chi connectivity index (χ0) is 19.8. The fourth-order valence-electron chi connectivity index (χ4n) is 2.36. The summed E-state index contributed by atoms with van der Waals surface area (Å²) in [7, 11) is -2.74. The summed E-state index contributed by atoms with van der Waals surface area (Å²) in [4.78, 5) is 11.0. The van der Waals surface area contributed by atoms with Crippen molar-refractivity contribution in [1.82, 2.24) is 0 Å². The van der Waals surface area contributed by atoms with E-state index in [9.17, 15) is 22.0 Å². The minimum Gasteiger partial charge on any atom is -0.495 e. The maximum Gasteiger partial charge on any atom is 0.586 e. The molecule has 0 fully saturated rings. The number of hydrogen-bond acceptors (Lipinski definition) is 6. The number of anilines is 2. The van der Waals surface area contributed by atoms with Crippen LogP contribution in [-0.4, -0.2) is 27.7 Å². The van der Waals surface area contributed by atoms with Crippen LogP contribution in [0.2, 0.25) is 0 Å². The molecule has 2 aromatic rings. The highest BCUT2D eigenvalue weighted by Crippen LogP contribution is 2.42. The number of carbonyl (C=O) groups excluding carboxylic acids is 1. The predicted molar refractivity (Wildman–Crippen MR) is 90.8 cm³/mol. The molecule has 0 atom stereocenters. The first-order valence-electron chi connectivity index (χ1n) is 7.48. The maximum absolute atomic E-state index is 13.1. The number of sulfonamides is 1. The lowest BCUT2D eigenvalue weighted by Crippen LogP contribution is -2.25. The number of fused-ring (bicyclic) bond motifs is 1. The smallest absolute Gasteiger partial charge is 0.495 e. The minimum atomic E-state index is -4.06. The molecule has 11 heteroatoms. The van der Waals surface area contributed by atoms with Crippen LogP contribution in [0.5, 0.6) is 17.2 Å². The van der Waals surface area contributed by atoms with Crippen molar-refractivity contribution in [2.45, 2.75) is 18.1 Å². The molecule has 2 aromatic carbocycles. The summed E-state index contributed by atoms with van der Waals surface area (Å²) >= 11 is 0. The summed E-state index contributed by atoms with van der Waals surface area (Å²) < 4.78 is 67.1. The zero-order valence-electron chi connectivity index (χ0n) is 14.1. The van der Waals surface area contributed by atoms with E-state index in [2.05, 4.69) is 19.5 Å². The molecule has 0 saturated carbocycles. The first-order chi connectivity index (χ1) is 12.6. The number of amides is 1. The van der Waals surface area contributed by atoms with Gasteiger partial charge in [-0.3, -0.25) is 9.52 Å². The Balaban J connectivity index is 1.87. The van der Waals surface area contributed by atoms with Crippen LogP contribution in [-0.2, 0) is 14.8 Å². The quantitative estimate of drug-likeness (QED) is 0.800. The maximum atomic E-state index is 13.1. The van der Waals surface area contributed by atoms with E-state index in [0.29, 0.717) is 5.69 Å². The average Bonchev–Trinajstić information content (AvgIpc) is 2.87. The van der Waals surface area contributed by atoms with Gasteiger partial charge in [0.2, 0.25) is 5.91 Å². The van der Waals surface area contributed by atoms with E-state index in [1.54, 1.807) is 0 Å². The van der Waals surface area contributed by atoms with E-state index < -0.39 is 16.3 Å². The highest BCUT2D eigenvalue weighted by Gasteiger charge is 2.43. The van der Waals surface area contributed by atoms with E-state index >= 15 is 0 Å². The molecule has 0 aromatic heterocycles. The van der Waals surface area contributed by atoms with E-state index in [1.807, 2.05) is 0 Å². The molecule has 0 saturated heterocycles. The van der Waals surface area contributed by atoms with Crippen LogP contribution in [0.3, 0.4) is 0 Å². The Labute approximate surface area is 153 Å². The van der Waals surface area contributed by atoms with E-state index in [-0.39, 0.29) is 33.7 Å². The van der Waals surface area contributed by atoms with Gasteiger partial charge >= 0.3 is 6.29 Å². The molecule has 1 aliphatic heterocycles. The van der Waals surface area contributed by atoms with Crippen LogP contribution < -0.4 is 24.2 Å². The summed E-state index contributed by atoms with van der Waals surface area (Å²) in [5.74, 6) is -0.708. The van der Waals surface area contributed by atoms with Crippen LogP contribution >= 0.6 is 0 Å². The molecule has 2 N–H and O–H groups in total. The summed E-state index contributed by atoms with van der Waals surface area (Å²) in [5.41, 5.74) is 0.300. The molecule has 27 heavy (non-hydrogen) atoms. The van der Waals surface area contributed by atoms with Crippen LogP contribution in [0.15, 0.2) is 41.3 Å². The third-order valence-corrected chi connectivity index (χ3v) is 4.83. The van der Waals surface area contributed by atoms with Crippen molar-refractivity contribution >= 4 is 27.3 Å². The van der Waals surface area contributed by atoms with Crippen molar-refractivity contribution in [1.29, 1.82) is 0 Å². The largest absolute Gasteiger partial charge is 0.586 e. The molecule has 0 radical (unpaired) electrons. The van der Waals surface area contributed by atoms with Gasteiger partial charge in [0, 0.05) is 19.1 Å². The molecule has 1 amide bonds. The van der Waals surface area contributed by atoms with Gasteiger partial charge in [-0.25, -0.2) is 8.42 Å². The Morgan fingerprint density at radius 2 is 1.81 bits per heavy atom. The molecule has 1 heterocycles. The second-order valence-corrected chi connectivity index (χ2v) is 7.16. The molecule has 3 rings (SSSR count). The van der Waals surface area contributed by atoms with Gasteiger partial charge in [-0.2, -0.15) is 0 Å². The first kappa shape index (κ1) is 18.7. The highest BCUT2D eigenvalue weighted by molar-refractivity contribution is 7.92. The molecular weight excluding hydrogens is 386 g/mol. The fourth-order valence-corrected chi connectivity index (χ4v) is 3.42. The molecular formula is C16H14F2N2O6S. The number of methoxy groups -OCH3 is 1. The van der Waals surface area contributed by atoms with Gasteiger partial charge in [-0.1, -0.05) is 0 Å². The van der Waals surface area contributed by atoms with Crippen molar-refractivity contribution in [2.75, 3.05) is 17.1 Å². The second-order valence-electron chi connectivity index (χ2n) is 5.48. The van der Waals surface area contributed by atoms with Gasteiger partial charge in [0.05, 0.1) is 23.4 Å². The van der Waals surface area contributed by atoms with E-state index in [0.717, 1.165) is 12.1 Å². The van der Waals surface area contributed by atoms with E-state index in [1.165, 1.54) is 38.3 Å². The molecule has 1 aliphatic rings. The fraction of sp³-hybridized carbons (Fsp3) is 0.188. The van der Waals surface area contributed by atoms with Crippen molar-refractivity contribution in [3.8, 4) is 17.2 Å². The summed E-state index contributed by atoms with van der Waals surface area (Å²) in [6.07, 6.45) is -3.80. The van der Waals surface area contributed by atoms with Crippen molar-refractivity contribution < 1.29 is 36.2 Å². The lowest BCUT2D eigenvalue weighted by atomic mass is 10.3. The predicted octanol–water partition coefficient (Wildman–Crippen LogP) is 2.78. The first-order valence-corrected chi connectivity index (χ1v) is 8.96. The van der Waals surface area contributed by atoms with Crippen LogP contribution in [0.1, 0.15) is 6.92 Å². The third kappa shape index (κ3) is 4.03.